The van der Waals surface area contributed by atoms with Crippen LogP contribution in [-0.4, -0.2) is 30.3 Å². The van der Waals surface area contributed by atoms with Gasteiger partial charge in [0.05, 0.1) is 21.4 Å². The molecule has 1 amide bonds. The van der Waals surface area contributed by atoms with E-state index in [0.717, 1.165) is 10.4 Å². The number of sulfone groups is 1. The van der Waals surface area contributed by atoms with Gasteiger partial charge in [-0.15, -0.1) is 16.4 Å². The van der Waals surface area contributed by atoms with Crippen LogP contribution >= 0.6 is 22.9 Å². The number of thiophene rings is 1. The number of halogens is 1. The number of aromatic nitrogens is 2. The zero-order valence-corrected chi connectivity index (χ0v) is 16.7. The maximum Gasteiger partial charge on any atom is 0.322 e. The van der Waals surface area contributed by atoms with Crippen LogP contribution < -0.4 is 5.32 Å². The molecule has 0 aliphatic heterocycles. The van der Waals surface area contributed by atoms with Gasteiger partial charge >= 0.3 is 6.01 Å². The van der Waals surface area contributed by atoms with E-state index in [0.29, 0.717) is 16.6 Å². The van der Waals surface area contributed by atoms with Gasteiger partial charge in [-0.1, -0.05) is 34.4 Å². The molecule has 0 atom stereocenters. The van der Waals surface area contributed by atoms with Crippen LogP contribution in [0.3, 0.4) is 0 Å². The first-order valence-electron chi connectivity index (χ1n) is 7.98. The van der Waals surface area contributed by atoms with Gasteiger partial charge in [-0.05, 0) is 31.2 Å². The van der Waals surface area contributed by atoms with Gasteiger partial charge in [0.2, 0.25) is 11.8 Å². The van der Waals surface area contributed by atoms with Crippen LogP contribution in [0.25, 0.3) is 0 Å². The number of aryl methyl sites for hydroxylation is 1. The zero-order valence-electron chi connectivity index (χ0n) is 14.3. The maximum atomic E-state index is 12.3. The summed E-state index contributed by atoms with van der Waals surface area (Å²) in [6.07, 6.45) is 0.191. The highest BCUT2D eigenvalue weighted by Crippen LogP contribution is 2.24. The number of nitrogens with one attached hydrogen (secondary N) is 1. The molecule has 0 fully saturated rings. The molecule has 3 aromatic rings. The summed E-state index contributed by atoms with van der Waals surface area (Å²) in [5, 5.41) is 10.0. The number of benzene rings is 1. The van der Waals surface area contributed by atoms with Gasteiger partial charge in [-0.25, -0.2) is 8.42 Å². The quantitative estimate of drug-likeness (QED) is 0.621. The smallest absolute Gasteiger partial charge is 0.322 e. The number of anilines is 1. The minimum absolute atomic E-state index is 0.0645. The Morgan fingerprint density at radius 2 is 1.93 bits per heavy atom. The molecule has 27 heavy (non-hydrogen) atoms. The van der Waals surface area contributed by atoms with Crippen LogP contribution in [0.2, 0.25) is 4.34 Å². The van der Waals surface area contributed by atoms with E-state index in [1.165, 1.54) is 23.5 Å². The normalized spacial score (nSPS) is 11.5. The monoisotopic (exact) mass is 425 g/mol. The predicted octanol–water partition coefficient (Wildman–Crippen LogP) is 3.49. The van der Waals surface area contributed by atoms with Gasteiger partial charge in [-0.3, -0.25) is 10.1 Å². The first-order valence-corrected chi connectivity index (χ1v) is 10.8. The molecule has 0 bridgehead atoms. The second-order valence-electron chi connectivity index (χ2n) is 5.81. The van der Waals surface area contributed by atoms with Crippen LogP contribution in [0, 0.1) is 6.92 Å². The third-order valence-corrected chi connectivity index (χ3v) is 6.61. The van der Waals surface area contributed by atoms with Crippen molar-refractivity contribution in [2.24, 2.45) is 0 Å². The van der Waals surface area contributed by atoms with Crippen LogP contribution in [0.4, 0.5) is 6.01 Å². The van der Waals surface area contributed by atoms with Crippen molar-refractivity contribution in [3.05, 3.63) is 57.1 Å². The largest absolute Gasteiger partial charge is 0.407 e. The molecule has 1 aromatic carbocycles. The molecule has 2 heterocycles. The summed E-state index contributed by atoms with van der Waals surface area (Å²) < 4.78 is 30.6. The molecule has 0 radical (unpaired) electrons. The van der Waals surface area contributed by atoms with Crippen LogP contribution in [-0.2, 0) is 21.1 Å². The Kier molecular flexibility index (Phi) is 5.93. The van der Waals surface area contributed by atoms with Gasteiger partial charge in [-0.2, -0.15) is 0 Å². The third-order valence-electron chi connectivity index (χ3n) is 3.65. The molecular formula is C17H16ClN3O4S2. The van der Waals surface area contributed by atoms with E-state index in [2.05, 4.69) is 15.5 Å². The van der Waals surface area contributed by atoms with E-state index in [1.807, 2.05) is 13.0 Å². The fraction of sp³-hybridized carbons (Fsp3) is 0.235. The molecule has 7 nitrogen and oxygen atoms in total. The van der Waals surface area contributed by atoms with Crippen molar-refractivity contribution in [1.29, 1.82) is 0 Å². The highest BCUT2D eigenvalue weighted by Gasteiger charge is 2.18. The first-order chi connectivity index (χ1) is 12.8. The molecule has 0 spiro atoms. The van der Waals surface area contributed by atoms with Crippen molar-refractivity contribution in [1.82, 2.24) is 10.2 Å². The van der Waals surface area contributed by atoms with Crippen molar-refractivity contribution >= 4 is 44.7 Å². The molecule has 3 rings (SSSR count). The lowest BCUT2D eigenvalue weighted by Gasteiger charge is -2.04. The molecule has 0 unspecified atom stereocenters. The minimum atomic E-state index is -3.54. The minimum Gasteiger partial charge on any atom is -0.407 e. The molecule has 2 aromatic heterocycles. The molecule has 0 saturated carbocycles. The number of rotatable bonds is 7. The summed E-state index contributed by atoms with van der Waals surface area (Å²) in [5.41, 5.74) is 0.962. The number of carbonyl (C=O) groups is 1. The molecule has 142 valence electrons. The van der Waals surface area contributed by atoms with Crippen molar-refractivity contribution in [2.45, 2.75) is 24.7 Å². The van der Waals surface area contributed by atoms with Gasteiger partial charge < -0.3 is 4.42 Å². The third kappa shape index (κ3) is 5.38. The Morgan fingerprint density at radius 1 is 1.19 bits per heavy atom. The van der Waals surface area contributed by atoms with Crippen molar-refractivity contribution in [2.75, 3.05) is 11.1 Å². The number of amides is 1. The summed E-state index contributed by atoms with van der Waals surface area (Å²) in [6.45, 7) is 1.87. The topological polar surface area (TPSA) is 102 Å². The predicted molar refractivity (Wildman–Crippen MR) is 103 cm³/mol. The van der Waals surface area contributed by atoms with E-state index in [4.69, 9.17) is 16.0 Å². The van der Waals surface area contributed by atoms with E-state index >= 15 is 0 Å². The summed E-state index contributed by atoms with van der Waals surface area (Å²) in [5.74, 6) is -0.493. The molecule has 0 aliphatic rings. The molecule has 0 saturated heterocycles. The average Bonchev–Trinajstić information content (AvgIpc) is 3.23. The number of hydrogen-bond acceptors (Lipinski definition) is 7. The SMILES string of the molecule is Cc1ccc(S(=O)(=O)CCC(=O)Nc2nnc(Cc3ccc(Cl)s3)o2)cc1. The fourth-order valence-corrected chi connectivity index (χ4v) is 4.56. The number of hydrogen-bond donors (Lipinski definition) is 1. The molecule has 0 aliphatic carbocycles. The van der Waals surface area contributed by atoms with Crippen LogP contribution in [0.15, 0.2) is 45.7 Å². The Balaban J connectivity index is 1.54. The van der Waals surface area contributed by atoms with E-state index in [1.54, 1.807) is 18.2 Å². The standard InChI is InChI=1S/C17H16ClN3O4S2/c1-11-2-5-13(6-3-11)27(23,24)9-8-15(22)19-17-21-20-16(25-17)10-12-4-7-14(18)26-12/h2-7H,8-10H2,1H3,(H,19,21,22). The molecular weight excluding hydrogens is 410 g/mol. The number of nitrogens with zero attached hydrogens (tertiary/aromatic N) is 2. The zero-order chi connectivity index (χ0) is 19.4. The summed E-state index contributed by atoms with van der Waals surface area (Å²) in [6, 6.07) is 10.1. The van der Waals surface area contributed by atoms with Crippen molar-refractivity contribution in [3.8, 4) is 0 Å². The van der Waals surface area contributed by atoms with E-state index in [9.17, 15) is 13.2 Å². The Bertz CT molecular complexity index is 1040. The molecule has 10 heteroatoms. The van der Waals surface area contributed by atoms with Gasteiger partial charge in [0, 0.05) is 11.3 Å². The van der Waals surface area contributed by atoms with Crippen molar-refractivity contribution < 1.29 is 17.6 Å². The summed E-state index contributed by atoms with van der Waals surface area (Å²) >= 11 is 7.27. The Morgan fingerprint density at radius 3 is 2.59 bits per heavy atom. The Hall–Kier alpha value is -2.23. The molecule has 1 N–H and O–H groups in total. The van der Waals surface area contributed by atoms with E-state index < -0.39 is 15.7 Å². The van der Waals surface area contributed by atoms with Crippen molar-refractivity contribution in [3.63, 3.8) is 0 Å². The highest BCUT2D eigenvalue weighted by atomic mass is 35.5. The van der Waals surface area contributed by atoms with Gasteiger partial charge in [0.25, 0.3) is 0 Å². The highest BCUT2D eigenvalue weighted by molar-refractivity contribution is 7.91. The van der Waals surface area contributed by atoms with Crippen LogP contribution in [0.1, 0.15) is 22.8 Å². The fourth-order valence-electron chi connectivity index (χ4n) is 2.24. The second kappa shape index (κ2) is 8.20. The maximum absolute atomic E-state index is 12.3. The second-order valence-corrected chi connectivity index (χ2v) is 9.72. The average molecular weight is 426 g/mol. The number of carbonyl (C=O) groups excluding carboxylic acids is 1. The van der Waals surface area contributed by atoms with Gasteiger partial charge in [0.1, 0.15) is 0 Å². The lowest BCUT2D eigenvalue weighted by molar-refractivity contribution is -0.116. The lowest BCUT2D eigenvalue weighted by Crippen LogP contribution is -2.17. The Labute approximate surface area is 165 Å². The summed E-state index contributed by atoms with van der Waals surface area (Å²) in [7, 11) is -3.54. The van der Waals surface area contributed by atoms with Gasteiger partial charge in [0.15, 0.2) is 9.84 Å². The summed E-state index contributed by atoms with van der Waals surface area (Å²) in [4.78, 5) is 13.1. The van der Waals surface area contributed by atoms with E-state index in [-0.39, 0.29) is 23.1 Å². The lowest BCUT2D eigenvalue weighted by atomic mass is 10.2. The first kappa shape index (κ1) is 19.5. The van der Waals surface area contributed by atoms with Crippen LogP contribution in [0.5, 0.6) is 0 Å².